The number of nitrogens with two attached hydrogens (primary N) is 1. The van der Waals surface area contributed by atoms with Gasteiger partial charge < -0.3 is 30.5 Å². The number of nitrogens with one attached hydrogen (secondary N) is 1. The minimum atomic E-state index is -0.762. The number of hydrogen-bond donors (Lipinski definition) is 2. The Morgan fingerprint density at radius 1 is 1.13 bits per heavy atom. The summed E-state index contributed by atoms with van der Waals surface area (Å²) in [6, 6.07) is 4.02. The van der Waals surface area contributed by atoms with Gasteiger partial charge in [0.2, 0.25) is 5.91 Å². The van der Waals surface area contributed by atoms with Gasteiger partial charge in [-0.2, -0.15) is 0 Å². The quantitative estimate of drug-likeness (QED) is 0.491. The van der Waals surface area contributed by atoms with Crippen molar-refractivity contribution in [1.82, 2.24) is 15.1 Å². The molecule has 0 saturated carbocycles. The third-order valence-corrected chi connectivity index (χ3v) is 9.17. The van der Waals surface area contributed by atoms with Crippen LogP contribution in [0.4, 0.5) is 10.1 Å². The van der Waals surface area contributed by atoms with E-state index >= 15 is 0 Å². The minimum Gasteiger partial charge on any atom is -0.371 e. The Morgan fingerprint density at radius 2 is 1.77 bits per heavy atom. The van der Waals surface area contributed by atoms with E-state index in [1.807, 2.05) is 6.92 Å². The van der Waals surface area contributed by atoms with E-state index in [9.17, 15) is 23.6 Å². The Morgan fingerprint density at radius 3 is 2.33 bits per heavy atom. The minimum absolute atomic E-state index is 0.0869. The topological polar surface area (TPSA) is 116 Å². The third-order valence-electron chi connectivity index (χ3n) is 9.17. The predicted octanol–water partition coefficient (Wildman–Crippen LogP) is 2.13. The van der Waals surface area contributed by atoms with Gasteiger partial charge in [-0.3, -0.25) is 14.4 Å². The van der Waals surface area contributed by atoms with Crippen molar-refractivity contribution in [3.63, 3.8) is 0 Å². The molecule has 3 heterocycles. The maximum Gasteiger partial charge on any atom is 0.255 e. The van der Waals surface area contributed by atoms with Gasteiger partial charge in [-0.25, -0.2) is 4.39 Å². The van der Waals surface area contributed by atoms with Crippen LogP contribution in [-0.2, 0) is 14.4 Å². The van der Waals surface area contributed by atoms with Crippen LogP contribution in [0.2, 0.25) is 0 Å². The number of halogens is 1. The molecule has 208 valence electrons. The molecule has 3 N–H and O–H groups in total. The van der Waals surface area contributed by atoms with Gasteiger partial charge in [0.1, 0.15) is 12.1 Å². The first-order valence-electron chi connectivity index (χ1n) is 13.7. The fourth-order valence-corrected chi connectivity index (χ4v) is 6.70. The predicted molar refractivity (Wildman–Crippen MR) is 144 cm³/mol. The normalized spacial score (nSPS) is 21.2. The van der Waals surface area contributed by atoms with Crippen molar-refractivity contribution in [1.29, 1.82) is 0 Å². The number of carbonyl (C=O) groups is 4. The van der Waals surface area contributed by atoms with Crippen molar-refractivity contribution in [3.05, 3.63) is 52.0 Å². The summed E-state index contributed by atoms with van der Waals surface area (Å²) in [6.45, 7) is 5.89. The Hall–Kier alpha value is -3.69. The number of hydrogen-bond acceptors (Lipinski definition) is 6. The first-order chi connectivity index (χ1) is 18.7. The standard InChI is InChI=1S/C29H36FN5O4/c1-18-25-22(16-35(28(25)39)20(17-36)4-6-24(37)32-2)26(18)34-13-9-29(10-14-34)7-11-33(12-8-29)19-3-5-21(27(31)38)23(30)15-19/h3,5,15,17,20H,4,6-14,16H2,1-2H3,(H2,31,38)(H,32,37). The molecule has 4 aliphatic rings. The zero-order valence-electron chi connectivity index (χ0n) is 22.6. The number of carbonyl (C=O) groups excluding carboxylic acids is 4. The summed E-state index contributed by atoms with van der Waals surface area (Å²) < 4.78 is 14.3. The van der Waals surface area contributed by atoms with Crippen LogP contribution in [0.1, 0.15) is 55.8 Å². The molecule has 5 rings (SSSR count). The van der Waals surface area contributed by atoms with Gasteiger partial charge in [0, 0.05) is 63.1 Å². The average molecular weight is 538 g/mol. The Balaban J connectivity index is 1.19. The molecular formula is C29H36FN5O4. The van der Waals surface area contributed by atoms with Crippen molar-refractivity contribution in [2.24, 2.45) is 11.1 Å². The van der Waals surface area contributed by atoms with E-state index in [-0.39, 0.29) is 29.2 Å². The lowest BCUT2D eigenvalue weighted by atomic mass is 9.70. The van der Waals surface area contributed by atoms with Crippen LogP contribution in [-0.4, -0.2) is 79.6 Å². The highest BCUT2D eigenvalue weighted by molar-refractivity contribution is 6.07. The molecule has 3 amide bonds. The number of anilines is 1. The number of nitrogens with zero attached hydrogens (tertiary/aromatic N) is 3. The molecule has 1 aromatic rings. The van der Waals surface area contributed by atoms with Crippen molar-refractivity contribution >= 4 is 29.7 Å². The second-order valence-corrected chi connectivity index (χ2v) is 11.2. The van der Waals surface area contributed by atoms with Crippen LogP contribution < -0.4 is 16.0 Å². The molecule has 1 unspecified atom stereocenters. The number of piperidine rings is 2. The molecule has 10 heteroatoms. The summed E-state index contributed by atoms with van der Waals surface area (Å²) in [5, 5.41) is 2.56. The molecule has 1 aromatic carbocycles. The highest BCUT2D eigenvalue weighted by atomic mass is 19.1. The van der Waals surface area contributed by atoms with Crippen molar-refractivity contribution < 1.29 is 23.6 Å². The molecule has 9 nitrogen and oxygen atoms in total. The lowest BCUT2D eigenvalue weighted by Crippen LogP contribution is -2.47. The van der Waals surface area contributed by atoms with E-state index in [0.29, 0.717) is 13.0 Å². The van der Waals surface area contributed by atoms with Crippen molar-refractivity contribution in [2.45, 2.75) is 51.5 Å². The number of amides is 3. The lowest BCUT2D eigenvalue weighted by Gasteiger charge is -2.49. The van der Waals surface area contributed by atoms with E-state index in [0.717, 1.165) is 86.3 Å². The molecule has 3 saturated heterocycles. The van der Waals surface area contributed by atoms with Crippen molar-refractivity contribution in [2.75, 3.05) is 44.7 Å². The van der Waals surface area contributed by atoms with Gasteiger partial charge >= 0.3 is 0 Å². The Bertz CT molecular complexity index is 1270. The van der Waals surface area contributed by atoms with Gasteiger partial charge in [-0.05, 0) is 68.2 Å². The molecule has 1 aliphatic carbocycles. The summed E-state index contributed by atoms with van der Waals surface area (Å²) >= 11 is 0. The third kappa shape index (κ3) is 4.81. The molecule has 3 aliphatic heterocycles. The summed E-state index contributed by atoms with van der Waals surface area (Å²) in [5.74, 6) is -1.60. The first kappa shape index (κ1) is 26.9. The number of aldehydes is 1. The lowest BCUT2D eigenvalue weighted by molar-refractivity contribution is -0.131. The SMILES string of the molecule is CNC(=O)CCC(C=O)N1CC2=C(N3CCC4(CC3)CCN(c3ccc(C(N)=O)c(F)c3)CC4)C(C)=C2C1=O. The molecule has 39 heavy (non-hydrogen) atoms. The summed E-state index contributed by atoms with van der Waals surface area (Å²) in [5.41, 5.74) is 10.1. The summed E-state index contributed by atoms with van der Waals surface area (Å²) in [7, 11) is 1.56. The highest BCUT2D eigenvalue weighted by Crippen LogP contribution is 2.48. The van der Waals surface area contributed by atoms with E-state index in [1.165, 1.54) is 12.1 Å². The Labute approximate surface area is 227 Å². The fourth-order valence-electron chi connectivity index (χ4n) is 6.70. The van der Waals surface area contributed by atoms with Crippen LogP contribution in [0.25, 0.3) is 0 Å². The summed E-state index contributed by atoms with van der Waals surface area (Å²) in [6.07, 6.45) is 5.43. The van der Waals surface area contributed by atoms with E-state index in [1.54, 1.807) is 18.0 Å². The largest absolute Gasteiger partial charge is 0.371 e. The smallest absolute Gasteiger partial charge is 0.255 e. The molecule has 1 atom stereocenters. The van der Waals surface area contributed by atoms with Crippen molar-refractivity contribution in [3.8, 4) is 0 Å². The molecule has 0 bridgehead atoms. The molecular weight excluding hydrogens is 501 g/mol. The zero-order chi connectivity index (χ0) is 27.9. The van der Waals surface area contributed by atoms with Gasteiger partial charge in [-0.15, -0.1) is 0 Å². The number of rotatable bonds is 8. The molecule has 1 spiro atoms. The first-order valence-corrected chi connectivity index (χ1v) is 13.7. The number of likely N-dealkylation sites (tertiary alicyclic amines) is 2. The number of allylic oxidation sites excluding steroid dienone is 1. The van der Waals surface area contributed by atoms with Crippen LogP contribution in [0.15, 0.2) is 40.6 Å². The van der Waals surface area contributed by atoms with E-state index in [4.69, 9.17) is 5.73 Å². The second-order valence-electron chi connectivity index (χ2n) is 11.2. The average Bonchev–Trinajstić information content (AvgIpc) is 3.22. The van der Waals surface area contributed by atoms with Gasteiger partial charge in [0.25, 0.3) is 11.8 Å². The maximum atomic E-state index is 14.3. The molecule has 3 fully saturated rings. The summed E-state index contributed by atoms with van der Waals surface area (Å²) in [4.78, 5) is 54.0. The second kappa shape index (κ2) is 10.5. The number of primary amides is 1. The van der Waals surface area contributed by atoms with Gasteiger partial charge in [0.15, 0.2) is 0 Å². The number of benzene rings is 1. The van der Waals surface area contributed by atoms with Crippen LogP contribution in [0.3, 0.4) is 0 Å². The van der Waals surface area contributed by atoms with Gasteiger partial charge in [0.05, 0.1) is 17.2 Å². The fraction of sp³-hybridized carbons (Fsp3) is 0.517. The Kier molecular flexibility index (Phi) is 7.22. The number of fused-ring (bicyclic) bond motifs is 1. The van der Waals surface area contributed by atoms with Crippen LogP contribution in [0, 0.1) is 11.2 Å². The monoisotopic (exact) mass is 537 g/mol. The van der Waals surface area contributed by atoms with Gasteiger partial charge in [-0.1, -0.05) is 0 Å². The van der Waals surface area contributed by atoms with E-state index < -0.39 is 17.8 Å². The molecule has 0 radical (unpaired) electrons. The zero-order valence-corrected chi connectivity index (χ0v) is 22.6. The highest BCUT2D eigenvalue weighted by Gasteiger charge is 2.46. The van der Waals surface area contributed by atoms with Crippen LogP contribution >= 0.6 is 0 Å². The van der Waals surface area contributed by atoms with E-state index in [2.05, 4.69) is 15.1 Å². The molecule has 0 aromatic heterocycles. The maximum absolute atomic E-state index is 14.3. The van der Waals surface area contributed by atoms with Crippen LogP contribution in [0.5, 0.6) is 0 Å².